The molecule has 4 heteroatoms. The molecule has 0 aromatic carbocycles. The number of pyridine rings is 1. The molecule has 90 valence electrons. The SMILES string of the molecule is Cc1nc(OCCOCC(C)C)ccc1N. The average molecular weight is 224 g/mol. The highest BCUT2D eigenvalue weighted by molar-refractivity contribution is 5.43. The number of rotatable bonds is 6. The minimum absolute atomic E-state index is 0.517. The highest BCUT2D eigenvalue weighted by atomic mass is 16.5. The van der Waals surface area contributed by atoms with Crippen LogP contribution in [-0.2, 0) is 4.74 Å². The molecule has 0 atom stereocenters. The monoisotopic (exact) mass is 224 g/mol. The van der Waals surface area contributed by atoms with E-state index in [1.54, 1.807) is 12.1 Å². The van der Waals surface area contributed by atoms with Gasteiger partial charge in [0, 0.05) is 12.7 Å². The van der Waals surface area contributed by atoms with Gasteiger partial charge >= 0.3 is 0 Å². The molecule has 1 aromatic rings. The number of aromatic nitrogens is 1. The summed E-state index contributed by atoms with van der Waals surface area (Å²) < 4.78 is 10.8. The largest absolute Gasteiger partial charge is 0.475 e. The summed E-state index contributed by atoms with van der Waals surface area (Å²) in [5.41, 5.74) is 7.13. The van der Waals surface area contributed by atoms with E-state index in [9.17, 15) is 0 Å². The molecule has 0 amide bonds. The Labute approximate surface area is 96.8 Å². The van der Waals surface area contributed by atoms with Crippen LogP contribution in [0.25, 0.3) is 0 Å². The topological polar surface area (TPSA) is 57.4 Å². The fourth-order valence-corrected chi connectivity index (χ4v) is 1.15. The molecule has 0 saturated heterocycles. The van der Waals surface area contributed by atoms with Crippen LogP contribution in [0.4, 0.5) is 5.69 Å². The first-order valence-electron chi connectivity index (χ1n) is 5.53. The Kier molecular flexibility index (Phi) is 5.05. The summed E-state index contributed by atoms with van der Waals surface area (Å²) in [6, 6.07) is 3.57. The number of nitrogen functional groups attached to an aromatic ring is 1. The highest BCUT2D eigenvalue weighted by Gasteiger charge is 1.99. The van der Waals surface area contributed by atoms with Crippen molar-refractivity contribution < 1.29 is 9.47 Å². The second-order valence-corrected chi connectivity index (χ2v) is 4.14. The van der Waals surface area contributed by atoms with Crippen molar-refractivity contribution in [1.82, 2.24) is 4.98 Å². The summed E-state index contributed by atoms with van der Waals surface area (Å²) in [4.78, 5) is 4.20. The Bertz CT molecular complexity index is 327. The Hall–Kier alpha value is -1.29. The molecule has 0 aliphatic carbocycles. The van der Waals surface area contributed by atoms with Gasteiger partial charge in [0.2, 0.25) is 5.88 Å². The van der Waals surface area contributed by atoms with E-state index in [0.29, 0.717) is 30.7 Å². The van der Waals surface area contributed by atoms with Crippen LogP contribution in [0.3, 0.4) is 0 Å². The van der Waals surface area contributed by atoms with Gasteiger partial charge < -0.3 is 15.2 Å². The molecule has 0 bridgehead atoms. The van der Waals surface area contributed by atoms with Crippen LogP contribution in [0.15, 0.2) is 12.1 Å². The van der Waals surface area contributed by atoms with Gasteiger partial charge in [-0.05, 0) is 18.9 Å². The Morgan fingerprint density at radius 1 is 1.31 bits per heavy atom. The van der Waals surface area contributed by atoms with Crippen molar-refractivity contribution in [2.75, 3.05) is 25.6 Å². The summed E-state index contributed by atoms with van der Waals surface area (Å²) in [7, 11) is 0. The van der Waals surface area contributed by atoms with Gasteiger partial charge in [0.25, 0.3) is 0 Å². The van der Waals surface area contributed by atoms with Gasteiger partial charge in [-0.15, -0.1) is 0 Å². The fraction of sp³-hybridized carbons (Fsp3) is 0.583. The molecule has 1 aromatic heterocycles. The van der Waals surface area contributed by atoms with Crippen LogP contribution in [-0.4, -0.2) is 24.8 Å². The summed E-state index contributed by atoms with van der Waals surface area (Å²) >= 11 is 0. The maximum Gasteiger partial charge on any atom is 0.213 e. The van der Waals surface area contributed by atoms with Crippen molar-refractivity contribution >= 4 is 5.69 Å². The second kappa shape index (κ2) is 6.33. The van der Waals surface area contributed by atoms with Crippen LogP contribution in [0.2, 0.25) is 0 Å². The first kappa shape index (κ1) is 12.8. The maximum atomic E-state index is 5.66. The third-order valence-electron chi connectivity index (χ3n) is 2.03. The third-order valence-corrected chi connectivity index (χ3v) is 2.03. The molecule has 1 heterocycles. The van der Waals surface area contributed by atoms with Gasteiger partial charge in [0.15, 0.2) is 0 Å². The number of anilines is 1. The maximum absolute atomic E-state index is 5.66. The van der Waals surface area contributed by atoms with Gasteiger partial charge in [0.05, 0.1) is 18.0 Å². The molecule has 4 nitrogen and oxygen atoms in total. The van der Waals surface area contributed by atoms with Crippen molar-refractivity contribution in [3.63, 3.8) is 0 Å². The quantitative estimate of drug-likeness (QED) is 0.751. The number of nitrogens with two attached hydrogens (primary N) is 1. The van der Waals surface area contributed by atoms with Gasteiger partial charge in [-0.2, -0.15) is 0 Å². The van der Waals surface area contributed by atoms with Crippen LogP contribution >= 0.6 is 0 Å². The standard InChI is InChI=1S/C12H20N2O2/c1-9(2)8-15-6-7-16-12-5-4-11(13)10(3)14-12/h4-5,9H,6-8,13H2,1-3H3. The first-order valence-corrected chi connectivity index (χ1v) is 5.53. The van der Waals surface area contributed by atoms with E-state index in [4.69, 9.17) is 15.2 Å². The first-order chi connectivity index (χ1) is 7.59. The zero-order valence-electron chi connectivity index (χ0n) is 10.2. The molecule has 0 radical (unpaired) electrons. The lowest BCUT2D eigenvalue weighted by atomic mass is 10.2. The van der Waals surface area contributed by atoms with Crippen LogP contribution < -0.4 is 10.5 Å². The molecule has 0 unspecified atom stereocenters. The Balaban J connectivity index is 2.24. The lowest BCUT2D eigenvalue weighted by Gasteiger charge is -2.09. The normalized spacial score (nSPS) is 10.8. The van der Waals surface area contributed by atoms with Crippen molar-refractivity contribution in [1.29, 1.82) is 0 Å². The average Bonchev–Trinajstić information content (AvgIpc) is 2.22. The molecule has 0 aliphatic heterocycles. The second-order valence-electron chi connectivity index (χ2n) is 4.14. The molecule has 16 heavy (non-hydrogen) atoms. The van der Waals surface area contributed by atoms with Crippen molar-refractivity contribution in [2.45, 2.75) is 20.8 Å². The zero-order valence-corrected chi connectivity index (χ0v) is 10.2. The number of aryl methyl sites for hydroxylation is 1. The molecule has 0 spiro atoms. The van der Waals surface area contributed by atoms with E-state index < -0.39 is 0 Å². The van der Waals surface area contributed by atoms with E-state index in [2.05, 4.69) is 18.8 Å². The fourth-order valence-electron chi connectivity index (χ4n) is 1.15. The predicted octanol–water partition coefficient (Wildman–Crippen LogP) is 2.02. The number of ether oxygens (including phenoxy) is 2. The van der Waals surface area contributed by atoms with Crippen molar-refractivity contribution in [3.05, 3.63) is 17.8 Å². The molecule has 1 rings (SSSR count). The Morgan fingerprint density at radius 3 is 2.69 bits per heavy atom. The third kappa shape index (κ3) is 4.49. The molecule has 2 N–H and O–H groups in total. The summed E-state index contributed by atoms with van der Waals surface area (Å²) in [5, 5.41) is 0. The number of hydrogen-bond donors (Lipinski definition) is 1. The molecular weight excluding hydrogens is 204 g/mol. The van der Waals surface area contributed by atoms with E-state index in [-0.39, 0.29) is 0 Å². The predicted molar refractivity (Wildman–Crippen MR) is 64.5 cm³/mol. The van der Waals surface area contributed by atoms with E-state index in [1.807, 2.05) is 6.92 Å². The summed E-state index contributed by atoms with van der Waals surface area (Å²) in [6.07, 6.45) is 0. The lowest BCUT2D eigenvalue weighted by Crippen LogP contribution is -2.11. The van der Waals surface area contributed by atoms with Crippen molar-refractivity contribution in [2.24, 2.45) is 5.92 Å². The van der Waals surface area contributed by atoms with Gasteiger partial charge in [-0.1, -0.05) is 13.8 Å². The van der Waals surface area contributed by atoms with Gasteiger partial charge in [-0.3, -0.25) is 0 Å². The highest BCUT2D eigenvalue weighted by Crippen LogP contribution is 2.13. The Morgan fingerprint density at radius 2 is 2.06 bits per heavy atom. The molecule has 0 aliphatic rings. The molecule has 0 saturated carbocycles. The van der Waals surface area contributed by atoms with Gasteiger partial charge in [-0.25, -0.2) is 4.98 Å². The lowest BCUT2D eigenvalue weighted by molar-refractivity contribution is 0.0806. The number of nitrogens with zero attached hydrogens (tertiary/aromatic N) is 1. The minimum atomic E-state index is 0.517. The van der Waals surface area contributed by atoms with Crippen molar-refractivity contribution in [3.8, 4) is 5.88 Å². The van der Waals surface area contributed by atoms with Gasteiger partial charge in [0.1, 0.15) is 6.61 Å². The van der Waals surface area contributed by atoms with Crippen LogP contribution in [0.5, 0.6) is 5.88 Å². The zero-order chi connectivity index (χ0) is 12.0. The number of hydrogen-bond acceptors (Lipinski definition) is 4. The minimum Gasteiger partial charge on any atom is -0.475 e. The van der Waals surface area contributed by atoms with E-state index in [1.165, 1.54) is 0 Å². The molecule has 0 fully saturated rings. The summed E-state index contributed by atoms with van der Waals surface area (Å²) in [6.45, 7) is 7.96. The molecular formula is C12H20N2O2. The smallest absolute Gasteiger partial charge is 0.213 e. The van der Waals surface area contributed by atoms with E-state index >= 15 is 0 Å². The van der Waals surface area contributed by atoms with Crippen LogP contribution in [0.1, 0.15) is 19.5 Å². The summed E-state index contributed by atoms with van der Waals surface area (Å²) in [5.74, 6) is 1.15. The van der Waals surface area contributed by atoms with E-state index in [0.717, 1.165) is 12.3 Å². The van der Waals surface area contributed by atoms with Crippen LogP contribution in [0, 0.1) is 12.8 Å².